The summed E-state index contributed by atoms with van der Waals surface area (Å²) < 4.78 is 2.18. The van der Waals surface area contributed by atoms with Crippen LogP contribution in [0.5, 0.6) is 0 Å². The Labute approximate surface area is 242 Å². The van der Waals surface area contributed by atoms with Gasteiger partial charge in [-0.25, -0.2) is 0 Å². The van der Waals surface area contributed by atoms with Crippen LogP contribution in [0.1, 0.15) is 77.3 Å². The zero-order valence-corrected chi connectivity index (χ0v) is 23.8. The lowest BCUT2D eigenvalue weighted by atomic mass is 9.83. The summed E-state index contributed by atoms with van der Waals surface area (Å²) in [6, 6.07) is 26.0. The predicted molar refractivity (Wildman–Crippen MR) is 162 cm³/mol. The van der Waals surface area contributed by atoms with Crippen LogP contribution in [0.15, 0.2) is 78.9 Å². The normalized spacial score (nSPS) is 17.0. The Hall–Kier alpha value is -3.90. The molecule has 1 aromatic heterocycles. The number of likely N-dealkylation sites (N-methyl/N-ethyl adjacent to an activating group) is 1. The Morgan fingerprint density at radius 2 is 1.66 bits per heavy atom. The van der Waals surface area contributed by atoms with E-state index in [1.54, 1.807) is 0 Å². The van der Waals surface area contributed by atoms with Crippen molar-refractivity contribution in [3.05, 3.63) is 107 Å². The molecule has 6 nitrogen and oxygen atoms in total. The van der Waals surface area contributed by atoms with Gasteiger partial charge in [-0.2, -0.15) is 0 Å². The first-order valence-corrected chi connectivity index (χ1v) is 15.0. The molecule has 6 heteroatoms. The van der Waals surface area contributed by atoms with Crippen molar-refractivity contribution in [1.82, 2.24) is 14.8 Å². The van der Waals surface area contributed by atoms with Gasteiger partial charge in [-0.1, -0.05) is 85.6 Å². The quantitative estimate of drug-likeness (QED) is 0.276. The van der Waals surface area contributed by atoms with Crippen LogP contribution in [0, 0.1) is 5.92 Å². The molecule has 0 spiro atoms. The number of para-hydroxylation sites is 1. The molecule has 4 aromatic rings. The van der Waals surface area contributed by atoms with Gasteiger partial charge in [0, 0.05) is 30.5 Å². The van der Waals surface area contributed by atoms with Crippen molar-refractivity contribution in [2.45, 2.75) is 57.5 Å². The maximum atomic E-state index is 13.7. The molecule has 3 aromatic carbocycles. The number of rotatable bonds is 9. The van der Waals surface area contributed by atoms with Gasteiger partial charge >= 0.3 is 0 Å². The second kappa shape index (κ2) is 11.9. The Morgan fingerprint density at radius 1 is 0.951 bits per heavy atom. The fraction of sp³-hybridized carbons (Fsp3) is 0.371. The van der Waals surface area contributed by atoms with E-state index in [9.17, 15) is 14.7 Å². The van der Waals surface area contributed by atoms with Crippen molar-refractivity contribution < 1.29 is 14.7 Å². The van der Waals surface area contributed by atoms with Gasteiger partial charge in [-0.15, -0.1) is 0 Å². The van der Waals surface area contributed by atoms with Crippen LogP contribution in [-0.4, -0.2) is 46.1 Å². The molecule has 6 rings (SSSR count). The van der Waals surface area contributed by atoms with E-state index >= 15 is 0 Å². The number of aliphatic hydroxyl groups excluding tert-OH is 1. The fourth-order valence-corrected chi connectivity index (χ4v) is 6.96. The molecule has 0 bridgehead atoms. The summed E-state index contributed by atoms with van der Waals surface area (Å²) >= 11 is 0. The molecule has 2 N–H and O–H groups in total. The van der Waals surface area contributed by atoms with E-state index in [4.69, 9.17) is 0 Å². The van der Waals surface area contributed by atoms with Gasteiger partial charge in [0.05, 0.1) is 18.6 Å². The third-order valence-corrected chi connectivity index (χ3v) is 9.11. The monoisotopic (exact) mass is 549 g/mol. The number of carbonyl (C=O) groups excluding carboxylic acids is 2. The standard InChI is InChI=1S/C35H39N3O3/c1-2-37-21-20-29-28-14-8-9-15-31(28)38(33(29)35(37)41)22-24-16-18-27(19-17-24)32(26-12-6-7-13-26)34(40)36-30(23-39)25-10-4-3-5-11-25/h3-5,8-11,14-19,26,30,32,39H,2,6-7,12-13,20-23H2,1H3,(H,36,40)/t30-,32?/m0/s1. The SMILES string of the molecule is CCN1CCc2c(n(Cc3ccc(C(C(=O)N[C@@H](CO)c4ccccc4)C4CCCC4)cc3)c3ccccc23)C1=O. The number of amides is 2. The lowest BCUT2D eigenvalue weighted by molar-refractivity contribution is -0.124. The average molecular weight is 550 g/mol. The maximum absolute atomic E-state index is 13.7. The van der Waals surface area contributed by atoms with E-state index in [1.807, 2.05) is 54.3 Å². The fourth-order valence-electron chi connectivity index (χ4n) is 6.96. The first-order chi connectivity index (χ1) is 20.1. The number of carbonyl (C=O) groups is 2. The predicted octanol–water partition coefficient (Wildman–Crippen LogP) is 5.83. The van der Waals surface area contributed by atoms with E-state index in [0.717, 1.165) is 77.5 Å². The highest BCUT2D eigenvalue weighted by Gasteiger charge is 2.34. The zero-order chi connectivity index (χ0) is 28.3. The Balaban J connectivity index is 1.28. The molecule has 2 aliphatic rings. The minimum absolute atomic E-state index is 0.0247. The van der Waals surface area contributed by atoms with Gasteiger partial charge in [-0.05, 0) is 60.4 Å². The number of benzene rings is 3. The van der Waals surface area contributed by atoms with Crippen LogP contribution >= 0.6 is 0 Å². The number of nitrogens with one attached hydrogen (secondary N) is 1. The molecule has 0 saturated heterocycles. The van der Waals surface area contributed by atoms with Crippen molar-refractivity contribution in [3.63, 3.8) is 0 Å². The van der Waals surface area contributed by atoms with Crippen LogP contribution in [0.25, 0.3) is 10.9 Å². The van der Waals surface area contributed by atoms with Crippen molar-refractivity contribution in [1.29, 1.82) is 0 Å². The number of nitrogens with zero attached hydrogens (tertiary/aromatic N) is 2. The van der Waals surface area contributed by atoms with Gasteiger partial charge in [0.2, 0.25) is 5.91 Å². The first kappa shape index (κ1) is 27.3. The molecule has 2 heterocycles. The molecule has 212 valence electrons. The van der Waals surface area contributed by atoms with Crippen LogP contribution < -0.4 is 5.32 Å². The van der Waals surface area contributed by atoms with Crippen molar-refractivity contribution in [2.24, 2.45) is 5.92 Å². The molecule has 1 saturated carbocycles. The minimum Gasteiger partial charge on any atom is -0.394 e. The van der Waals surface area contributed by atoms with Crippen LogP contribution in [-0.2, 0) is 17.8 Å². The van der Waals surface area contributed by atoms with Crippen molar-refractivity contribution in [2.75, 3.05) is 19.7 Å². The second-order valence-electron chi connectivity index (χ2n) is 11.5. The van der Waals surface area contributed by atoms with E-state index < -0.39 is 6.04 Å². The third kappa shape index (κ3) is 5.29. The molecular formula is C35H39N3O3. The lowest BCUT2D eigenvalue weighted by Crippen LogP contribution is -2.38. The topological polar surface area (TPSA) is 74.6 Å². The van der Waals surface area contributed by atoms with Gasteiger partial charge < -0.3 is 19.9 Å². The van der Waals surface area contributed by atoms with Crippen LogP contribution in [0.4, 0.5) is 0 Å². The lowest BCUT2D eigenvalue weighted by Gasteiger charge is -2.27. The zero-order valence-electron chi connectivity index (χ0n) is 23.8. The summed E-state index contributed by atoms with van der Waals surface area (Å²) in [5.74, 6) is 0.109. The smallest absolute Gasteiger partial charge is 0.270 e. The highest BCUT2D eigenvalue weighted by Crippen LogP contribution is 2.38. The van der Waals surface area contributed by atoms with E-state index in [-0.39, 0.29) is 30.3 Å². The highest BCUT2D eigenvalue weighted by atomic mass is 16.3. The summed E-state index contributed by atoms with van der Waals surface area (Å²) in [6.45, 7) is 3.96. The summed E-state index contributed by atoms with van der Waals surface area (Å²) in [5, 5.41) is 14.4. The third-order valence-electron chi connectivity index (χ3n) is 9.11. The molecule has 1 fully saturated rings. The van der Waals surface area contributed by atoms with Crippen molar-refractivity contribution in [3.8, 4) is 0 Å². The van der Waals surface area contributed by atoms with E-state index in [0.29, 0.717) is 13.1 Å². The van der Waals surface area contributed by atoms with Gasteiger partial charge in [0.1, 0.15) is 5.69 Å². The molecule has 0 radical (unpaired) electrons. The van der Waals surface area contributed by atoms with Crippen molar-refractivity contribution >= 4 is 22.7 Å². The summed E-state index contributed by atoms with van der Waals surface area (Å²) in [7, 11) is 0. The number of hydrogen-bond donors (Lipinski definition) is 2. The number of hydrogen-bond acceptors (Lipinski definition) is 3. The molecule has 2 amide bonds. The number of aliphatic hydroxyl groups is 1. The van der Waals surface area contributed by atoms with Crippen LogP contribution in [0.2, 0.25) is 0 Å². The molecule has 41 heavy (non-hydrogen) atoms. The van der Waals surface area contributed by atoms with Crippen LogP contribution in [0.3, 0.4) is 0 Å². The molecule has 2 atom stereocenters. The molecule has 1 aliphatic carbocycles. The Bertz CT molecular complexity index is 1520. The average Bonchev–Trinajstić information content (AvgIpc) is 3.65. The molecule has 1 unspecified atom stereocenters. The highest BCUT2D eigenvalue weighted by molar-refractivity contribution is 6.03. The maximum Gasteiger partial charge on any atom is 0.270 e. The summed E-state index contributed by atoms with van der Waals surface area (Å²) in [5.41, 5.74) is 6.07. The number of fused-ring (bicyclic) bond motifs is 3. The van der Waals surface area contributed by atoms with E-state index in [1.165, 1.54) is 0 Å². The van der Waals surface area contributed by atoms with Gasteiger partial charge in [0.25, 0.3) is 5.91 Å². The molecular weight excluding hydrogens is 510 g/mol. The minimum atomic E-state index is -0.430. The first-order valence-electron chi connectivity index (χ1n) is 15.0. The Kier molecular flexibility index (Phi) is 7.93. The second-order valence-corrected chi connectivity index (χ2v) is 11.5. The largest absolute Gasteiger partial charge is 0.394 e. The Morgan fingerprint density at radius 3 is 2.37 bits per heavy atom. The van der Waals surface area contributed by atoms with Gasteiger partial charge in [0.15, 0.2) is 0 Å². The number of aromatic nitrogens is 1. The summed E-state index contributed by atoms with van der Waals surface area (Å²) in [4.78, 5) is 29.1. The van der Waals surface area contributed by atoms with Gasteiger partial charge in [-0.3, -0.25) is 9.59 Å². The van der Waals surface area contributed by atoms with E-state index in [2.05, 4.69) is 46.3 Å². The summed E-state index contributed by atoms with van der Waals surface area (Å²) in [6.07, 6.45) is 5.23. The molecule has 1 aliphatic heterocycles.